The maximum absolute atomic E-state index is 11.6. The van der Waals surface area contributed by atoms with E-state index >= 15 is 0 Å². The molecule has 0 aromatic carbocycles. The molecule has 1 fully saturated rings. The zero-order chi connectivity index (χ0) is 11.7. The summed E-state index contributed by atoms with van der Waals surface area (Å²) in [5.41, 5.74) is 4.67. The van der Waals surface area contributed by atoms with Crippen LogP contribution in [-0.2, 0) is 9.63 Å². The van der Waals surface area contributed by atoms with Crippen LogP contribution in [-0.4, -0.2) is 28.6 Å². The minimum Gasteiger partial charge on any atom is -0.311 e. The molecule has 0 radical (unpaired) electrons. The fraction of sp³-hybridized carbons (Fsp3) is 0.333. The summed E-state index contributed by atoms with van der Waals surface area (Å²) in [5, 5.41) is 0. The molecule has 1 saturated heterocycles. The van der Waals surface area contributed by atoms with Gasteiger partial charge >= 0.3 is 0 Å². The molecule has 17 heavy (non-hydrogen) atoms. The molecule has 0 spiro atoms. The first-order valence-electron chi connectivity index (χ1n) is 5.68. The lowest BCUT2D eigenvalue weighted by Crippen LogP contribution is -2.36. The van der Waals surface area contributed by atoms with Crippen molar-refractivity contribution in [2.24, 2.45) is 0 Å². The van der Waals surface area contributed by atoms with E-state index in [9.17, 15) is 4.79 Å². The average molecular weight is 231 g/mol. The van der Waals surface area contributed by atoms with Gasteiger partial charge in [-0.15, -0.1) is 0 Å². The van der Waals surface area contributed by atoms with Gasteiger partial charge in [0.15, 0.2) is 6.23 Å². The molecule has 0 saturated carbocycles. The Kier molecular flexibility index (Phi) is 2.53. The molecule has 1 atom stereocenters. The molecule has 1 unspecified atom stereocenters. The Hall–Kier alpha value is -1.88. The minimum atomic E-state index is -0.291. The molecular formula is C12H13N3O2. The lowest BCUT2D eigenvalue weighted by molar-refractivity contribution is -0.138. The number of hydrogen-bond donors (Lipinski definition) is 1. The number of rotatable bonds is 2. The summed E-state index contributed by atoms with van der Waals surface area (Å²) >= 11 is 0. The Bertz CT molecular complexity index is 458. The van der Waals surface area contributed by atoms with Gasteiger partial charge in [-0.1, -0.05) is 0 Å². The standard InChI is InChI=1S/C12H13N3O2/c16-11-4-2-6-15(11)12-7-10(14-17-12)9-3-1-5-13-8-9/h1,3,5,7-8,12,14H,2,4,6H2. The third kappa shape index (κ3) is 1.89. The van der Waals surface area contributed by atoms with Crippen molar-refractivity contribution in [3.63, 3.8) is 0 Å². The van der Waals surface area contributed by atoms with Crippen molar-refractivity contribution in [3.05, 3.63) is 36.2 Å². The van der Waals surface area contributed by atoms with Crippen LogP contribution in [0.25, 0.3) is 5.70 Å². The second-order valence-electron chi connectivity index (χ2n) is 4.12. The molecule has 3 rings (SSSR count). The fourth-order valence-corrected chi connectivity index (χ4v) is 2.10. The van der Waals surface area contributed by atoms with Crippen LogP contribution < -0.4 is 5.48 Å². The summed E-state index contributed by atoms with van der Waals surface area (Å²) in [6.07, 6.45) is 6.64. The number of amides is 1. The summed E-state index contributed by atoms with van der Waals surface area (Å²) in [6.45, 7) is 0.766. The quantitative estimate of drug-likeness (QED) is 0.821. The highest BCUT2D eigenvalue weighted by Crippen LogP contribution is 2.22. The zero-order valence-corrected chi connectivity index (χ0v) is 9.30. The number of hydrogen-bond acceptors (Lipinski definition) is 4. The second kappa shape index (κ2) is 4.18. The first-order chi connectivity index (χ1) is 8.34. The van der Waals surface area contributed by atoms with Crippen molar-refractivity contribution < 1.29 is 9.63 Å². The molecule has 0 bridgehead atoms. The van der Waals surface area contributed by atoms with Gasteiger partial charge in [0.25, 0.3) is 0 Å². The number of aromatic nitrogens is 1. The van der Waals surface area contributed by atoms with Gasteiger partial charge < -0.3 is 4.90 Å². The third-order valence-electron chi connectivity index (χ3n) is 2.99. The van der Waals surface area contributed by atoms with Gasteiger partial charge in [0, 0.05) is 30.9 Å². The van der Waals surface area contributed by atoms with Crippen LogP contribution in [0.5, 0.6) is 0 Å². The molecule has 1 aromatic heterocycles. The molecule has 2 aliphatic rings. The first kappa shape index (κ1) is 10.3. The summed E-state index contributed by atoms with van der Waals surface area (Å²) in [5.74, 6) is 0.153. The van der Waals surface area contributed by atoms with E-state index in [1.165, 1.54) is 0 Å². The predicted octanol–water partition coefficient (Wildman–Crippen LogP) is 0.906. The van der Waals surface area contributed by atoms with Crippen LogP contribution in [0.1, 0.15) is 18.4 Å². The minimum absolute atomic E-state index is 0.153. The van der Waals surface area contributed by atoms with Crippen LogP contribution in [0.15, 0.2) is 30.6 Å². The van der Waals surface area contributed by atoms with Crippen molar-refractivity contribution in [1.29, 1.82) is 0 Å². The number of carbonyl (C=O) groups is 1. The van der Waals surface area contributed by atoms with E-state index in [-0.39, 0.29) is 12.1 Å². The number of nitrogens with zero attached hydrogens (tertiary/aromatic N) is 2. The Morgan fingerprint density at radius 1 is 1.53 bits per heavy atom. The maximum Gasteiger partial charge on any atom is 0.224 e. The fourth-order valence-electron chi connectivity index (χ4n) is 2.10. The number of hydroxylamine groups is 1. The van der Waals surface area contributed by atoms with E-state index in [4.69, 9.17) is 4.84 Å². The largest absolute Gasteiger partial charge is 0.311 e. The topological polar surface area (TPSA) is 54.5 Å². The molecule has 1 N–H and O–H groups in total. The molecule has 2 aliphatic heterocycles. The first-order valence-corrected chi connectivity index (χ1v) is 5.68. The highest BCUT2D eigenvalue weighted by molar-refractivity contribution is 5.79. The summed E-state index contributed by atoms with van der Waals surface area (Å²) < 4.78 is 0. The van der Waals surface area contributed by atoms with Crippen LogP contribution >= 0.6 is 0 Å². The van der Waals surface area contributed by atoms with Gasteiger partial charge in [0.05, 0.1) is 5.70 Å². The SMILES string of the molecule is O=C1CCCN1C1C=C(c2cccnc2)NO1. The summed E-state index contributed by atoms with van der Waals surface area (Å²) in [7, 11) is 0. The number of carbonyl (C=O) groups excluding carboxylic acids is 1. The van der Waals surface area contributed by atoms with E-state index in [1.54, 1.807) is 17.3 Å². The molecule has 3 heterocycles. The monoisotopic (exact) mass is 231 g/mol. The van der Waals surface area contributed by atoms with Crippen LogP contribution in [0.2, 0.25) is 0 Å². The van der Waals surface area contributed by atoms with Crippen molar-refractivity contribution >= 4 is 11.6 Å². The van der Waals surface area contributed by atoms with Gasteiger partial charge in [0.1, 0.15) is 0 Å². The van der Waals surface area contributed by atoms with E-state index in [1.807, 2.05) is 18.2 Å². The molecule has 1 aromatic rings. The van der Waals surface area contributed by atoms with Crippen molar-refractivity contribution in [2.45, 2.75) is 19.1 Å². The molecule has 5 nitrogen and oxygen atoms in total. The smallest absolute Gasteiger partial charge is 0.224 e. The third-order valence-corrected chi connectivity index (χ3v) is 2.99. The summed E-state index contributed by atoms with van der Waals surface area (Å²) in [6, 6.07) is 3.82. The second-order valence-corrected chi connectivity index (χ2v) is 4.12. The maximum atomic E-state index is 11.6. The van der Waals surface area contributed by atoms with Crippen molar-refractivity contribution in [2.75, 3.05) is 6.54 Å². The van der Waals surface area contributed by atoms with Gasteiger partial charge in [-0.2, -0.15) is 0 Å². The van der Waals surface area contributed by atoms with Crippen LogP contribution in [0, 0.1) is 0 Å². The van der Waals surface area contributed by atoms with Gasteiger partial charge in [-0.3, -0.25) is 15.3 Å². The highest BCUT2D eigenvalue weighted by atomic mass is 16.7. The lowest BCUT2D eigenvalue weighted by atomic mass is 10.2. The molecule has 5 heteroatoms. The molecule has 0 aliphatic carbocycles. The average Bonchev–Trinajstić information content (AvgIpc) is 2.98. The number of pyridine rings is 1. The molecular weight excluding hydrogens is 218 g/mol. The Balaban J connectivity index is 1.79. The van der Waals surface area contributed by atoms with E-state index in [0.29, 0.717) is 6.42 Å². The summed E-state index contributed by atoms with van der Waals surface area (Å²) in [4.78, 5) is 22.8. The normalized spacial score (nSPS) is 23.8. The van der Waals surface area contributed by atoms with Crippen LogP contribution in [0.3, 0.4) is 0 Å². The van der Waals surface area contributed by atoms with Gasteiger partial charge in [-0.05, 0) is 24.6 Å². The van der Waals surface area contributed by atoms with Crippen molar-refractivity contribution in [3.8, 4) is 0 Å². The number of nitrogens with one attached hydrogen (secondary N) is 1. The van der Waals surface area contributed by atoms with E-state index in [2.05, 4.69) is 10.5 Å². The van der Waals surface area contributed by atoms with Crippen molar-refractivity contribution in [1.82, 2.24) is 15.4 Å². The molecule has 1 amide bonds. The Morgan fingerprint density at radius 3 is 3.18 bits per heavy atom. The van der Waals surface area contributed by atoms with E-state index < -0.39 is 0 Å². The van der Waals surface area contributed by atoms with E-state index in [0.717, 1.165) is 24.2 Å². The van der Waals surface area contributed by atoms with Gasteiger partial charge in [0.2, 0.25) is 5.91 Å². The lowest BCUT2D eigenvalue weighted by Gasteiger charge is -2.20. The highest BCUT2D eigenvalue weighted by Gasteiger charge is 2.30. The Labute approximate surface area is 99.0 Å². The van der Waals surface area contributed by atoms with Crippen LogP contribution in [0.4, 0.5) is 0 Å². The van der Waals surface area contributed by atoms with Gasteiger partial charge in [-0.25, -0.2) is 4.84 Å². The number of likely N-dealkylation sites (tertiary alicyclic amines) is 1. The molecule has 88 valence electrons. The predicted molar refractivity (Wildman–Crippen MR) is 61.2 cm³/mol. The zero-order valence-electron chi connectivity index (χ0n) is 9.30. The Morgan fingerprint density at radius 2 is 2.47 bits per heavy atom.